The Hall–Kier alpha value is -2.16. The zero-order chi connectivity index (χ0) is 20.7. The van der Waals surface area contributed by atoms with E-state index in [9.17, 15) is 0 Å². The second kappa shape index (κ2) is 5.71. The molecule has 3 heteroatoms. The summed E-state index contributed by atoms with van der Waals surface area (Å²) in [4.78, 5) is 0. The van der Waals surface area contributed by atoms with E-state index in [2.05, 4.69) is 83.3 Å². The number of anilines is 1. The smallest absolute Gasteiger partial charge is 0.225 e. The third kappa shape index (κ3) is 2.55. The molecular formula is C26H33NO2. The third-order valence-corrected chi connectivity index (χ3v) is 6.95. The fourth-order valence-corrected chi connectivity index (χ4v) is 5.31. The Balaban J connectivity index is 1.76. The summed E-state index contributed by atoms with van der Waals surface area (Å²) in [5.41, 5.74) is 3.94. The van der Waals surface area contributed by atoms with Crippen LogP contribution in [0.4, 0.5) is 5.69 Å². The fraction of sp³-hybridized carbons (Fsp3) is 0.538. The van der Waals surface area contributed by atoms with Gasteiger partial charge in [0.2, 0.25) is 5.72 Å². The summed E-state index contributed by atoms with van der Waals surface area (Å²) in [5, 5.41) is 3.76. The topological polar surface area (TPSA) is 30.5 Å². The molecule has 0 saturated heterocycles. The number of ether oxygens (including phenoxy) is 2. The molecule has 0 amide bonds. The van der Waals surface area contributed by atoms with Gasteiger partial charge in [0.15, 0.2) is 17.1 Å². The number of nitrogens with one attached hydrogen (secondary N) is 1. The van der Waals surface area contributed by atoms with Crippen LogP contribution in [0.2, 0.25) is 0 Å². The first-order chi connectivity index (χ1) is 13.6. The molecule has 1 saturated carbocycles. The Kier molecular flexibility index (Phi) is 3.71. The lowest BCUT2D eigenvalue weighted by Gasteiger charge is -2.52. The van der Waals surface area contributed by atoms with Gasteiger partial charge in [0.05, 0.1) is 0 Å². The molecule has 5 rings (SSSR count). The number of fused-ring (bicyclic) bond motifs is 2. The van der Waals surface area contributed by atoms with Crippen molar-refractivity contribution in [3.63, 3.8) is 0 Å². The molecule has 2 aromatic carbocycles. The lowest BCUT2D eigenvalue weighted by Crippen LogP contribution is -2.63. The summed E-state index contributed by atoms with van der Waals surface area (Å²) in [6.45, 7) is 13.6. The van der Waals surface area contributed by atoms with Crippen LogP contribution < -0.4 is 14.8 Å². The van der Waals surface area contributed by atoms with Gasteiger partial charge in [-0.15, -0.1) is 0 Å². The molecule has 154 valence electrons. The van der Waals surface area contributed by atoms with Gasteiger partial charge in [-0.2, -0.15) is 0 Å². The quantitative estimate of drug-likeness (QED) is 0.546. The Morgan fingerprint density at radius 1 is 0.862 bits per heavy atom. The SMILES string of the molecule is CC(C)(C)c1cc2c(c(C(C)(C)C)c1)O[C@@]13CCCC[C@]1(O2)c1ccccc1N3. The van der Waals surface area contributed by atoms with Gasteiger partial charge in [0, 0.05) is 23.2 Å². The van der Waals surface area contributed by atoms with Gasteiger partial charge >= 0.3 is 0 Å². The van der Waals surface area contributed by atoms with Gasteiger partial charge in [-0.1, -0.05) is 65.8 Å². The van der Waals surface area contributed by atoms with Crippen LogP contribution in [-0.2, 0) is 16.4 Å². The van der Waals surface area contributed by atoms with Crippen molar-refractivity contribution in [1.29, 1.82) is 0 Å². The molecular weight excluding hydrogens is 358 g/mol. The summed E-state index contributed by atoms with van der Waals surface area (Å²) in [6, 6.07) is 13.1. The normalized spacial score (nSPS) is 27.5. The molecule has 1 N–H and O–H groups in total. The highest BCUT2D eigenvalue weighted by Gasteiger charge is 2.66. The lowest BCUT2D eigenvalue weighted by atomic mass is 9.73. The highest BCUT2D eigenvalue weighted by molar-refractivity contribution is 5.66. The van der Waals surface area contributed by atoms with Crippen molar-refractivity contribution >= 4 is 5.69 Å². The van der Waals surface area contributed by atoms with Crippen molar-refractivity contribution in [2.45, 2.75) is 89.4 Å². The number of para-hydroxylation sites is 1. The maximum atomic E-state index is 7.05. The highest BCUT2D eigenvalue weighted by Crippen LogP contribution is 2.61. The summed E-state index contributed by atoms with van der Waals surface area (Å²) in [5.74, 6) is 1.82. The van der Waals surface area contributed by atoms with Crippen molar-refractivity contribution in [3.8, 4) is 11.5 Å². The molecule has 3 nitrogen and oxygen atoms in total. The first-order valence-electron chi connectivity index (χ1n) is 11.0. The molecule has 3 aliphatic rings. The first kappa shape index (κ1) is 18.8. The molecule has 2 aromatic rings. The lowest BCUT2D eigenvalue weighted by molar-refractivity contribution is -0.147. The summed E-state index contributed by atoms with van der Waals surface area (Å²) < 4.78 is 14.1. The van der Waals surface area contributed by atoms with E-state index in [0.29, 0.717) is 0 Å². The number of benzene rings is 2. The summed E-state index contributed by atoms with van der Waals surface area (Å²) in [7, 11) is 0. The molecule has 0 unspecified atom stereocenters. The van der Waals surface area contributed by atoms with Crippen LogP contribution in [0.1, 0.15) is 83.9 Å². The number of rotatable bonds is 0. The van der Waals surface area contributed by atoms with E-state index in [1.807, 2.05) is 0 Å². The molecule has 0 spiro atoms. The van der Waals surface area contributed by atoms with Gasteiger partial charge < -0.3 is 14.8 Å². The van der Waals surface area contributed by atoms with Crippen molar-refractivity contribution < 1.29 is 9.47 Å². The van der Waals surface area contributed by atoms with Crippen LogP contribution in [-0.4, -0.2) is 5.72 Å². The van der Waals surface area contributed by atoms with Crippen LogP contribution in [0.25, 0.3) is 0 Å². The summed E-state index contributed by atoms with van der Waals surface area (Å²) in [6.07, 6.45) is 4.22. The van der Waals surface area contributed by atoms with Crippen molar-refractivity contribution in [3.05, 3.63) is 53.1 Å². The largest absolute Gasteiger partial charge is 0.472 e. The van der Waals surface area contributed by atoms with E-state index in [4.69, 9.17) is 9.47 Å². The van der Waals surface area contributed by atoms with Crippen LogP contribution in [0.3, 0.4) is 0 Å². The number of hydrogen-bond acceptors (Lipinski definition) is 3. The minimum Gasteiger partial charge on any atom is -0.472 e. The van der Waals surface area contributed by atoms with Crippen LogP contribution in [0, 0.1) is 0 Å². The van der Waals surface area contributed by atoms with Gasteiger partial charge in [-0.3, -0.25) is 0 Å². The minimum absolute atomic E-state index is 0.0362. The monoisotopic (exact) mass is 391 g/mol. The molecule has 2 aliphatic heterocycles. The third-order valence-electron chi connectivity index (χ3n) is 6.95. The van der Waals surface area contributed by atoms with E-state index < -0.39 is 11.3 Å². The average Bonchev–Trinajstić information content (AvgIpc) is 2.93. The zero-order valence-electron chi connectivity index (χ0n) is 18.6. The molecule has 0 radical (unpaired) electrons. The predicted molar refractivity (Wildman–Crippen MR) is 118 cm³/mol. The van der Waals surface area contributed by atoms with Crippen LogP contribution in [0.15, 0.2) is 36.4 Å². The molecule has 2 atom stereocenters. The standard InChI is InChI=1S/C26H33NO2/c1-23(2,3)17-15-19(24(4,5)6)22-21(16-17)28-25-13-9-10-14-26(25,29-22)27-20-12-8-7-11-18(20)25/h7-8,11-12,15-16,27H,9-10,13-14H2,1-6H3/t25-,26-/m0/s1. The Labute approximate surface area is 174 Å². The maximum absolute atomic E-state index is 7.05. The van der Waals surface area contributed by atoms with E-state index >= 15 is 0 Å². The Morgan fingerprint density at radius 3 is 2.31 bits per heavy atom. The minimum atomic E-state index is -0.523. The van der Waals surface area contributed by atoms with Gasteiger partial charge in [-0.05, 0) is 47.8 Å². The van der Waals surface area contributed by atoms with E-state index in [0.717, 1.165) is 42.9 Å². The van der Waals surface area contributed by atoms with Gasteiger partial charge in [-0.25, -0.2) is 0 Å². The van der Waals surface area contributed by atoms with E-state index in [1.54, 1.807) is 0 Å². The van der Waals surface area contributed by atoms with Gasteiger partial charge in [0.25, 0.3) is 0 Å². The van der Waals surface area contributed by atoms with Gasteiger partial charge in [0.1, 0.15) is 0 Å². The zero-order valence-corrected chi connectivity index (χ0v) is 18.6. The second-order valence-electron chi connectivity index (χ2n) is 11.1. The molecule has 1 aliphatic carbocycles. The van der Waals surface area contributed by atoms with Crippen molar-refractivity contribution in [2.75, 3.05) is 5.32 Å². The van der Waals surface area contributed by atoms with E-state index in [-0.39, 0.29) is 10.8 Å². The molecule has 0 aromatic heterocycles. The fourth-order valence-electron chi connectivity index (χ4n) is 5.31. The summed E-state index contributed by atoms with van der Waals surface area (Å²) >= 11 is 0. The predicted octanol–water partition coefficient (Wildman–Crippen LogP) is 6.64. The van der Waals surface area contributed by atoms with Crippen LogP contribution in [0.5, 0.6) is 11.5 Å². The van der Waals surface area contributed by atoms with Crippen molar-refractivity contribution in [2.24, 2.45) is 0 Å². The molecule has 2 heterocycles. The molecule has 0 bridgehead atoms. The first-order valence-corrected chi connectivity index (χ1v) is 11.0. The van der Waals surface area contributed by atoms with E-state index in [1.165, 1.54) is 16.7 Å². The average molecular weight is 392 g/mol. The maximum Gasteiger partial charge on any atom is 0.225 e. The molecule has 1 fully saturated rings. The second-order valence-corrected chi connectivity index (χ2v) is 11.1. The van der Waals surface area contributed by atoms with Crippen LogP contribution >= 0.6 is 0 Å². The Morgan fingerprint density at radius 2 is 1.59 bits per heavy atom. The number of hydrogen-bond donors (Lipinski definition) is 1. The van der Waals surface area contributed by atoms with Crippen molar-refractivity contribution in [1.82, 2.24) is 0 Å². The highest BCUT2D eigenvalue weighted by atomic mass is 16.6. The molecule has 29 heavy (non-hydrogen) atoms. The Bertz CT molecular complexity index is 981.